The Morgan fingerprint density at radius 2 is 1.70 bits per heavy atom. The predicted molar refractivity (Wildman–Crippen MR) is 79.6 cm³/mol. The second kappa shape index (κ2) is 6.55. The SMILES string of the molecule is NCC(c1ccccc1F)C(O)c1cccc(Cl)c1Cl. The van der Waals surface area contributed by atoms with Crippen LogP contribution in [0, 0.1) is 5.82 Å². The van der Waals surface area contributed by atoms with Gasteiger partial charge in [0.05, 0.1) is 16.1 Å². The molecular weight excluding hydrogens is 300 g/mol. The van der Waals surface area contributed by atoms with E-state index in [0.717, 1.165) is 0 Å². The van der Waals surface area contributed by atoms with Crippen molar-refractivity contribution in [2.75, 3.05) is 6.54 Å². The van der Waals surface area contributed by atoms with Gasteiger partial charge in [0, 0.05) is 18.0 Å². The lowest BCUT2D eigenvalue weighted by atomic mass is 9.89. The molecule has 0 bridgehead atoms. The minimum absolute atomic E-state index is 0.0882. The van der Waals surface area contributed by atoms with Crippen LogP contribution in [-0.2, 0) is 0 Å². The highest BCUT2D eigenvalue weighted by atomic mass is 35.5. The van der Waals surface area contributed by atoms with E-state index in [1.54, 1.807) is 36.4 Å². The molecule has 2 aromatic carbocycles. The number of halogens is 3. The van der Waals surface area contributed by atoms with E-state index in [0.29, 0.717) is 16.1 Å². The van der Waals surface area contributed by atoms with Crippen LogP contribution in [-0.4, -0.2) is 11.7 Å². The average Bonchev–Trinajstić information content (AvgIpc) is 2.44. The second-order valence-corrected chi connectivity index (χ2v) is 5.24. The maximum atomic E-state index is 13.9. The van der Waals surface area contributed by atoms with Crippen LogP contribution in [0.2, 0.25) is 10.0 Å². The van der Waals surface area contributed by atoms with Crippen molar-refractivity contribution in [3.05, 3.63) is 69.5 Å². The normalized spacial score (nSPS) is 14.1. The quantitative estimate of drug-likeness (QED) is 0.899. The van der Waals surface area contributed by atoms with Crippen LogP contribution in [0.5, 0.6) is 0 Å². The Morgan fingerprint density at radius 1 is 1.05 bits per heavy atom. The fourth-order valence-electron chi connectivity index (χ4n) is 2.17. The molecular formula is C15H14Cl2FNO. The lowest BCUT2D eigenvalue weighted by Gasteiger charge is -2.23. The van der Waals surface area contributed by atoms with E-state index in [4.69, 9.17) is 28.9 Å². The van der Waals surface area contributed by atoms with E-state index in [2.05, 4.69) is 0 Å². The molecule has 0 radical (unpaired) electrons. The van der Waals surface area contributed by atoms with Gasteiger partial charge in [-0.2, -0.15) is 0 Å². The van der Waals surface area contributed by atoms with Crippen LogP contribution >= 0.6 is 23.2 Å². The minimum Gasteiger partial charge on any atom is -0.388 e. The largest absolute Gasteiger partial charge is 0.388 e. The van der Waals surface area contributed by atoms with Crippen LogP contribution in [0.3, 0.4) is 0 Å². The molecule has 3 N–H and O–H groups in total. The van der Waals surface area contributed by atoms with Crippen LogP contribution in [0.4, 0.5) is 4.39 Å². The summed E-state index contributed by atoms with van der Waals surface area (Å²) >= 11 is 12.0. The Balaban J connectivity index is 2.42. The van der Waals surface area contributed by atoms with Crippen LogP contribution in [0.25, 0.3) is 0 Å². The molecule has 20 heavy (non-hydrogen) atoms. The molecule has 2 nitrogen and oxygen atoms in total. The lowest BCUT2D eigenvalue weighted by Crippen LogP contribution is -2.21. The summed E-state index contributed by atoms with van der Waals surface area (Å²) in [5, 5.41) is 11.1. The van der Waals surface area contributed by atoms with Gasteiger partial charge in [-0.25, -0.2) is 4.39 Å². The van der Waals surface area contributed by atoms with Crippen molar-refractivity contribution >= 4 is 23.2 Å². The third-order valence-corrected chi connectivity index (χ3v) is 4.07. The first-order chi connectivity index (χ1) is 9.56. The van der Waals surface area contributed by atoms with Crippen LogP contribution < -0.4 is 5.73 Å². The van der Waals surface area contributed by atoms with Gasteiger partial charge in [-0.15, -0.1) is 0 Å². The van der Waals surface area contributed by atoms with Crippen LogP contribution in [0.1, 0.15) is 23.1 Å². The maximum Gasteiger partial charge on any atom is 0.126 e. The zero-order valence-electron chi connectivity index (χ0n) is 10.6. The minimum atomic E-state index is -1.02. The highest BCUT2D eigenvalue weighted by molar-refractivity contribution is 6.42. The Morgan fingerprint density at radius 3 is 2.35 bits per heavy atom. The summed E-state index contributed by atoms with van der Waals surface area (Å²) in [6.07, 6.45) is -1.02. The van der Waals surface area contributed by atoms with Crippen molar-refractivity contribution in [1.29, 1.82) is 0 Å². The summed E-state index contributed by atoms with van der Waals surface area (Å²) in [6, 6.07) is 11.2. The van der Waals surface area contributed by atoms with E-state index in [1.807, 2.05) is 0 Å². The zero-order chi connectivity index (χ0) is 14.7. The van der Waals surface area contributed by atoms with Crippen molar-refractivity contribution in [3.8, 4) is 0 Å². The Bertz CT molecular complexity index is 606. The molecule has 0 aliphatic carbocycles. The average molecular weight is 314 g/mol. The van der Waals surface area contributed by atoms with Gasteiger partial charge in [-0.3, -0.25) is 0 Å². The van der Waals surface area contributed by atoms with Gasteiger partial charge in [-0.05, 0) is 17.7 Å². The van der Waals surface area contributed by atoms with Gasteiger partial charge in [0.25, 0.3) is 0 Å². The number of nitrogens with two attached hydrogens (primary N) is 1. The third kappa shape index (κ3) is 2.96. The standard InChI is InChI=1S/C15H14Cl2FNO/c16-12-6-3-5-10(14(12)17)15(20)11(8-19)9-4-1-2-7-13(9)18/h1-7,11,15,20H,8,19H2. The summed E-state index contributed by atoms with van der Waals surface area (Å²) in [4.78, 5) is 0. The highest BCUT2D eigenvalue weighted by Crippen LogP contribution is 2.37. The van der Waals surface area contributed by atoms with E-state index < -0.39 is 17.8 Å². The Labute approximate surface area is 126 Å². The van der Waals surface area contributed by atoms with E-state index in [1.165, 1.54) is 6.07 Å². The molecule has 5 heteroatoms. The molecule has 0 spiro atoms. The number of aliphatic hydroxyl groups is 1. The molecule has 0 fully saturated rings. The van der Waals surface area contributed by atoms with Gasteiger partial charge in [0.15, 0.2) is 0 Å². The van der Waals surface area contributed by atoms with Crippen LogP contribution in [0.15, 0.2) is 42.5 Å². The molecule has 0 aliphatic rings. The summed E-state index contributed by atoms with van der Waals surface area (Å²) < 4.78 is 13.9. The lowest BCUT2D eigenvalue weighted by molar-refractivity contribution is 0.146. The van der Waals surface area contributed by atoms with Crippen molar-refractivity contribution < 1.29 is 9.50 Å². The van der Waals surface area contributed by atoms with Gasteiger partial charge in [0.2, 0.25) is 0 Å². The molecule has 0 saturated carbocycles. The maximum absolute atomic E-state index is 13.9. The van der Waals surface area contributed by atoms with Gasteiger partial charge in [0.1, 0.15) is 5.82 Å². The van der Waals surface area contributed by atoms with Crippen molar-refractivity contribution in [2.45, 2.75) is 12.0 Å². The molecule has 2 unspecified atom stereocenters. The summed E-state index contributed by atoms with van der Waals surface area (Å²) in [5.41, 5.74) is 6.50. The summed E-state index contributed by atoms with van der Waals surface area (Å²) in [5.74, 6) is -0.993. The summed E-state index contributed by atoms with van der Waals surface area (Å²) in [6.45, 7) is 0.0882. The molecule has 0 saturated heterocycles. The van der Waals surface area contributed by atoms with Crippen molar-refractivity contribution in [2.24, 2.45) is 5.73 Å². The molecule has 106 valence electrons. The summed E-state index contributed by atoms with van der Waals surface area (Å²) in [7, 11) is 0. The number of benzene rings is 2. The van der Waals surface area contributed by atoms with E-state index >= 15 is 0 Å². The number of hydrogen-bond acceptors (Lipinski definition) is 2. The Hall–Kier alpha value is -1.13. The molecule has 0 heterocycles. The smallest absolute Gasteiger partial charge is 0.126 e. The van der Waals surface area contributed by atoms with Gasteiger partial charge >= 0.3 is 0 Å². The molecule has 2 aromatic rings. The number of aliphatic hydroxyl groups excluding tert-OH is 1. The van der Waals surface area contributed by atoms with E-state index in [-0.39, 0.29) is 11.6 Å². The highest BCUT2D eigenvalue weighted by Gasteiger charge is 2.26. The molecule has 0 amide bonds. The first-order valence-electron chi connectivity index (χ1n) is 6.12. The monoisotopic (exact) mass is 313 g/mol. The second-order valence-electron chi connectivity index (χ2n) is 4.45. The van der Waals surface area contributed by atoms with Crippen molar-refractivity contribution in [1.82, 2.24) is 0 Å². The fourth-order valence-corrected chi connectivity index (χ4v) is 2.59. The molecule has 2 atom stereocenters. The first kappa shape index (κ1) is 15.3. The molecule has 0 aromatic heterocycles. The number of hydrogen-bond donors (Lipinski definition) is 2. The Kier molecular flexibility index (Phi) is 5.00. The molecule has 0 aliphatic heterocycles. The topological polar surface area (TPSA) is 46.2 Å². The fraction of sp³-hybridized carbons (Fsp3) is 0.200. The first-order valence-corrected chi connectivity index (χ1v) is 6.88. The predicted octanol–water partition coefficient (Wildman–Crippen LogP) is 3.91. The zero-order valence-corrected chi connectivity index (χ0v) is 12.1. The third-order valence-electron chi connectivity index (χ3n) is 3.24. The number of rotatable bonds is 4. The van der Waals surface area contributed by atoms with Gasteiger partial charge in [-0.1, -0.05) is 53.5 Å². The van der Waals surface area contributed by atoms with Gasteiger partial charge < -0.3 is 10.8 Å². The van der Waals surface area contributed by atoms with E-state index in [9.17, 15) is 9.50 Å². The molecule has 2 rings (SSSR count). The van der Waals surface area contributed by atoms with Crippen molar-refractivity contribution in [3.63, 3.8) is 0 Å².